The van der Waals surface area contributed by atoms with Crippen molar-refractivity contribution in [3.63, 3.8) is 0 Å². The number of halogens is 4. The number of carboxylic acid groups (broad SMARTS) is 1. The highest BCUT2D eigenvalue weighted by molar-refractivity contribution is 5.68. The molecule has 0 saturated heterocycles. The Morgan fingerprint density at radius 2 is 1.77 bits per heavy atom. The van der Waals surface area contributed by atoms with Crippen LogP contribution in [0.3, 0.4) is 0 Å². The number of rotatable bonds is 4. The summed E-state index contributed by atoms with van der Waals surface area (Å²) >= 11 is 0. The van der Waals surface area contributed by atoms with E-state index in [1.54, 1.807) is 30.3 Å². The van der Waals surface area contributed by atoms with Crippen LogP contribution in [-0.4, -0.2) is 22.8 Å². The SMILES string of the molecule is Fc1ccc(Cc2c(C(F)(F)F)ccc3c2CCC3)cc1.O=C(O)CC1COc2cc(O)ccc21. The Labute approximate surface area is 199 Å². The van der Waals surface area contributed by atoms with Crippen LogP contribution < -0.4 is 4.74 Å². The van der Waals surface area contributed by atoms with Crippen LogP contribution in [0.5, 0.6) is 11.5 Å². The van der Waals surface area contributed by atoms with Crippen molar-refractivity contribution in [1.82, 2.24) is 0 Å². The molecule has 1 heterocycles. The number of hydrogen-bond acceptors (Lipinski definition) is 3. The lowest BCUT2D eigenvalue weighted by molar-refractivity contribution is -0.138. The van der Waals surface area contributed by atoms with Crippen LogP contribution in [-0.2, 0) is 30.2 Å². The predicted molar refractivity (Wildman–Crippen MR) is 121 cm³/mol. The summed E-state index contributed by atoms with van der Waals surface area (Å²) in [4.78, 5) is 10.5. The maximum atomic E-state index is 13.2. The van der Waals surface area contributed by atoms with Crippen molar-refractivity contribution in [3.05, 3.63) is 93.8 Å². The Morgan fingerprint density at radius 1 is 1.03 bits per heavy atom. The van der Waals surface area contributed by atoms with Crippen molar-refractivity contribution in [2.45, 2.75) is 44.2 Å². The number of carboxylic acids is 1. The van der Waals surface area contributed by atoms with Gasteiger partial charge < -0.3 is 14.9 Å². The number of aliphatic carboxylic acids is 1. The molecule has 3 aromatic rings. The molecule has 0 aromatic heterocycles. The Hall–Kier alpha value is -3.55. The number of phenols is 1. The molecule has 1 aliphatic carbocycles. The molecule has 0 amide bonds. The topological polar surface area (TPSA) is 66.8 Å². The number of aryl methyl sites for hydroxylation is 1. The first-order valence-electron chi connectivity index (χ1n) is 11.2. The number of ether oxygens (including phenoxy) is 1. The number of phenolic OH excluding ortho intramolecular Hbond substituents is 1. The standard InChI is InChI=1S/C17H14F4.C10H10O4/c18-13-7-4-11(5-8-13)10-15-14-3-1-2-12(14)6-9-16(15)17(19,20)21;11-7-1-2-8-6(3-10(12)13)5-14-9(8)4-7/h4-9H,1-3,10H2;1-2,4,6,11H,3,5H2,(H,12,13). The first-order chi connectivity index (χ1) is 16.6. The zero-order valence-electron chi connectivity index (χ0n) is 18.7. The molecule has 184 valence electrons. The van der Waals surface area contributed by atoms with Crippen LogP contribution in [0.1, 0.15) is 52.1 Å². The molecule has 1 atom stereocenters. The number of benzene rings is 3. The van der Waals surface area contributed by atoms with E-state index in [0.29, 0.717) is 29.9 Å². The van der Waals surface area contributed by atoms with E-state index in [2.05, 4.69) is 0 Å². The van der Waals surface area contributed by atoms with Gasteiger partial charge in [-0.15, -0.1) is 0 Å². The maximum Gasteiger partial charge on any atom is 0.416 e. The van der Waals surface area contributed by atoms with Gasteiger partial charge in [-0.25, -0.2) is 4.39 Å². The van der Waals surface area contributed by atoms with Crippen LogP contribution in [0, 0.1) is 5.82 Å². The summed E-state index contributed by atoms with van der Waals surface area (Å²) in [5.41, 5.74) is 3.19. The van der Waals surface area contributed by atoms with Gasteiger partial charge >= 0.3 is 12.1 Å². The Kier molecular flexibility index (Phi) is 7.00. The molecule has 2 aliphatic rings. The lowest BCUT2D eigenvalue weighted by Gasteiger charge is -2.17. The molecule has 5 rings (SSSR count). The minimum atomic E-state index is -4.35. The molecule has 0 radical (unpaired) electrons. The largest absolute Gasteiger partial charge is 0.508 e. The van der Waals surface area contributed by atoms with E-state index in [0.717, 1.165) is 29.5 Å². The fraction of sp³-hybridized carbons (Fsp3) is 0.296. The van der Waals surface area contributed by atoms with E-state index in [9.17, 15) is 22.4 Å². The van der Waals surface area contributed by atoms with Crippen LogP contribution in [0.2, 0.25) is 0 Å². The van der Waals surface area contributed by atoms with Crippen LogP contribution in [0.25, 0.3) is 0 Å². The quantitative estimate of drug-likeness (QED) is 0.425. The second-order valence-corrected chi connectivity index (χ2v) is 8.71. The first-order valence-corrected chi connectivity index (χ1v) is 11.2. The summed E-state index contributed by atoms with van der Waals surface area (Å²) in [6.45, 7) is 0.380. The van der Waals surface area contributed by atoms with E-state index >= 15 is 0 Å². The second kappa shape index (κ2) is 9.98. The molecule has 1 aliphatic heterocycles. The average Bonchev–Trinajstić information content (AvgIpc) is 3.42. The zero-order chi connectivity index (χ0) is 25.2. The molecule has 3 aromatic carbocycles. The van der Waals surface area contributed by atoms with Crippen molar-refractivity contribution < 1.29 is 37.3 Å². The molecule has 0 bridgehead atoms. The number of hydrogen-bond donors (Lipinski definition) is 2. The third-order valence-corrected chi connectivity index (χ3v) is 6.30. The Bertz CT molecular complexity index is 1220. The number of aromatic hydroxyl groups is 1. The predicted octanol–water partition coefficient (Wildman–Crippen LogP) is 6.27. The van der Waals surface area contributed by atoms with Crippen molar-refractivity contribution >= 4 is 5.97 Å². The van der Waals surface area contributed by atoms with Gasteiger partial charge in [0.25, 0.3) is 0 Å². The molecular weight excluding hydrogens is 464 g/mol. The highest BCUT2D eigenvalue weighted by Crippen LogP contribution is 2.39. The van der Waals surface area contributed by atoms with E-state index < -0.39 is 17.7 Å². The van der Waals surface area contributed by atoms with Crippen LogP contribution >= 0.6 is 0 Å². The molecule has 8 heteroatoms. The van der Waals surface area contributed by atoms with Crippen molar-refractivity contribution in [3.8, 4) is 11.5 Å². The molecule has 1 unspecified atom stereocenters. The number of fused-ring (bicyclic) bond motifs is 2. The lowest BCUT2D eigenvalue weighted by atomic mass is 9.92. The van der Waals surface area contributed by atoms with Crippen LogP contribution in [0.4, 0.5) is 17.6 Å². The fourth-order valence-electron chi connectivity index (χ4n) is 4.66. The summed E-state index contributed by atoms with van der Waals surface area (Å²) in [6.07, 6.45) is -1.67. The van der Waals surface area contributed by atoms with Gasteiger partial charge in [-0.3, -0.25) is 4.79 Å². The van der Waals surface area contributed by atoms with Gasteiger partial charge in [0.15, 0.2) is 0 Å². The summed E-state index contributed by atoms with van der Waals surface area (Å²) in [5, 5.41) is 17.8. The number of alkyl halides is 3. The number of carbonyl (C=O) groups is 1. The molecule has 0 saturated carbocycles. The van der Waals surface area contributed by atoms with Crippen molar-refractivity contribution in [2.75, 3.05) is 6.61 Å². The van der Waals surface area contributed by atoms with Gasteiger partial charge in [0, 0.05) is 17.5 Å². The van der Waals surface area contributed by atoms with Gasteiger partial charge in [0.05, 0.1) is 18.6 Å². The molecular formula is C27H24F4O4. The maximum absolute atomic E-state index is 13.2. The Morgan fingerprint density at radius 3 is 2.46 bits per heavy atom. The Balaban J connectivity index is 0.000000179. The second-order valence-electron chi connectivity index (χ2n) is 8.71. The van der Waals surface area contributed by atoms with E-state index in [4.69, 9.17) is 14.9 Å². The summed E-state index contributed by atoms with van der Waals surface area (Å²) in [7, 11) is 0. The molecule has 35 heavy (non-hydrogen) atoms. The molecule has 2 N–H and O–H groups in total. The van der Waals surface area contributed by atoms with Gasteiger partial charge in [0.2, 0.25) is 0 Å². The van der Waals surface area contributed by atoms with Gasteiger partial charge in [0.1, 0.15) is 17.3 Å². The van der Waals surface area contributed by atoms with Gasteiger partial charge in [-0.2, -0.15) is 13.2 Å². The van der Waals surface area contributed by atoms with E-state index in [1.807, 2.05) is 0 Å². The van der Waals surface area contributed by atoms with E-state index in [1.165, 1.54) is 24.3 Å². The average molecular weight is 488 g/mol. The van der Waals surface area contributed by atoms with Gasteiger partial charge in [-0.1, -0.05) is 24.3 Å². The fourth-order valence-corrected chi connectivity index (χ4v) is 4.66. The third-order valence-electron chi connectivity index (χ3n) is 6.30. The van der Waals surface area contributed by atoms with E-state index in [-0.39, 0.29) is 30.3 Å². The minimum Gasteiger partial charge on any atom is -0.508 e. The lowest BCUT2D eigenvalue weighted by Crippen LogP contribution is -2.12. The summed E-state index contributed by atoms with van der Waals surface area (Å²) in [5.74, 6) is -0.577. The highest BCUT2D eigenvalue weighted by Gasteiger charge is 2.35. The monoisotopic (exact) mass is 488 g/mol. The smallest absolute Gasteiger partial charge is 0.416 e. The summed E-state index contributed by atoms with van der Waals surface area (Å²) in [6, 6.07) is 13.2. The van der Waals surface area contributed by atoms with Crippen molar-refractivity contribution in [2.24, 2.45) is 0 Å². The minimum absolute atomic E-state index is 0.0672. The first kappa shape index (κ1) is 24.6. The molecule has 4 nitrogen and oxygen atoms in total. The summed E-state index contributed by atoms with van der Waals surface area (Å²) < 4.78 is 57.9. The van der Waals surface area contributed by atoms with Crippen molar-refractivity contribution in [1.29, 1.82) is 0 Å². The zero-order valence-corrected chi connectivity index (χ0v) is 18.7. The normalized spacial score (nSPS) is 16.1. The molecule has 0 spiro atoms. The van der Waals surface area contributed by atoms with Gasteiger partial charge in [-0.05, 0) is 72.2 Å². The molecule has 0 fully saturated rings. The van der Waals surface area contributed by atoms with Crippen LogP contribution in [0.15, 0.2) is 54.6 Å². The third kappa shape index (κ3) is 5.75. The highest BCUT2D eigenvalue weighted by atomic mass is 19.4.